The Kier molecular flexibility index (Phi) is 6.61. The molecule has 1 aromatic rings. The van der Waals surface area contributed by atoms with Crippen molar-refractivity contribution in [1.82, 2.24) is 5.43 Å². The zero-order valence-electron chi connectivity index (χ0n) is 11.6. The predicted molar refractivity (Wildman–Crippen MR) is 82.1 cm³/mol. The molecule has 0 spiro atoms. The molecular weight excluding hydrogens is 340 g/mol. The van der Waals surface area contributed by atoms with E-state index in [2.05, 4.69) is 26.5 Å². The van der Waals surface area contributed by atoms with Crippen molar-refractivity contribution in [3.63, 3.8) is 0 Å². The number of benzene rings is 1. The number of carbonyl (C=O) groups is 2. The number of hydrogen-bond donors (Lipinski definition) is 2. The van der Waals surface area contributed by atoms with Crippen LogP contribution in [0, 0.1) is 0 Å². The zero-order valence-corrected chi connectivity index (χ0v) is 13.2. The van der Waals surface area contributed by atoms with E-state index >= 15 is 0 Å². The molecule has 0 aliphatic carbocycles. The number of nitrogens with one attached hydrogen (secondary N) is 1. The molecule has 0 fully saturated rings. The third kappa shape index (κ3) is 5.39. The minimum Gasteiger partial charge on any atom is -0.512 e. The number of halogens is 1. The van der Waals surface area contributed by atoms with E-state index in [1.807, 2.05) is 0 Å². The number of hydrazone groups is 1. The molecule has 0 heterocycles. The van der Waals surface area contributed by atoms with Gasteiger partial charge in [0, 0.05) is 10.0 Å². The Balaban J connectivity index is 2.72. The molecular formula is C14H15BrN2O4. The molecule has 1 amide bonds. The topological polar surface area (TPSA) is 88.0 Å². The lowest BCUT2D eigenvalue weighted by Crippen LogP contribution is -2.19. The molecule has 0 atom stereocenters. The molecule has 0 aliphatic heterocycles. The van der Waals surface area contributed by atoms with Gasteiger partial charge in [-0.25, -0.2) is 10.2 Å². The Morgan fingerprint density at radius 3 is 2.52 bits per heavy atom. The molecule has 0 saturated heterocycles. The quantitative estimate of drug-likeness (QED) is 0.279. The molecule has 0 aliphatic rings. The van der Waals surface area contributed by atoms with Crippen molar-refractivity contribution in [2.24, 2.45) is 5.10 Å². The minimum atomic E-state index is -0.709. The van der Waals surface area contributed by atoms with E-state index in [4.69, 9.17) is 4.74 Å². The molecule has 0 unspecified atom stereocenters. The van der Waals surface area contributed by atoms with Crippen LogP contribution >= 0.6 is 15.9 Å². The Bertz CT molecular complexity index is 575. The van der Waals surface area contributed by atoms with E-state index < -0.39 is 11.9 Å². The Morgan fingerprint density at radius 2 is 2.00 bits per heavy atom. The fourth-order valence-corrected chi connectivity index (χ4v) is 1.59. The van der Waals surface area contributed by atoms with E-state index in [-0.39, 0.29) is 17.9 Å². The number of ether oxygens (including phenoxy) is 1. The molecule has 1 aromatic carbocycles. The summed E-state index contributed by atoms with van der Waals surface area (Å²) in [6, 6.07) is 6.68. The third-order valence-electron chi connectivity index (χ3n) is 2.35. The molecule has 6 nitrogen and oxygen atoms in total. The van der Waals surface area contributed by atoms with Crippen molar-refractivity contribution in [1.29, 1.82) is 0 Å². The summed E-state index contributed by atoms with van der Waals surface area (Å²) < 4.78 is 5.61. The van der Waals surface area contributed by atoms with Crippen LogP contribution in [0.2, 0.25) is 0 Å². The number of rotatable bonds is 5. The van der Waals surface area contributed by atoms with E-state index in [9.17, 15) is 14.7 Å². The van der Waals surface area contributed by atoms with Gasteiger partial charge in [-0.2, -0.15) is 5.10 Å². The Hall–Kier alpha value is -2.15. The summed E-state index contributed by atoms with van der Waals surface area (Å²) >= 11 is 3.27. The van der Waals surface area contributed by atoms with E-state index in [0.717, 1.165) is 10.7 Å². The van der Waals surface area contributed by atoms with Crippen LogP contribution in [0.3, 0.4) is 0 Å². The fraction of sp³-hybridized carbons (Fsp3) is 0.214. The summed E-state index contributed by atoms with van der Waals surface area (Å²) in [7, 11) is 0. The van der Waals surface area contributed by atoms with Crippen LogP contribution in [0.4, 0.5) is 0 Å². The largest absolute Gasteiger partial charge is 0.512 e. The minimum absolute atomic E-state index is 0.118. The van der Waals surface area contributed by atoms with Crippen molar-refractivity contribution in [3.8, 4) is 0 Å². The van der Waals surface area contributed by atoms with Crippen molar-refractivity contribution in [3.05, 3.63) is 45.6 Å². The maximum atomic E-state index is 11.8. The van der Waals surface area contributed by atoms with E-state index in [1.54, 1.807) is 31.2 Å². The van der Waals surface area contributed by atoms with Crippen molar-refractivity contribution in [2.45, 2.75) is 13.8 Å². The van der Waals surface area contributed by atoms with Gasteiger partial charge in [0.2, 0.25) is 0 Å². The molecule has 0 aromatic heterocycles. The lowest BCUT2D eigenvalue weighted by Gasteiger charge is -2.03. The van der Waals surface area contributed by atoms with Crippen LogP contribution in [0.1, 0.15) is 24.2 Å². The number of esters is 1. The number of carbonyl (C=O) groups excluding carboxylic acids is 2. The van der Waals surface area contributed by atoms with Gasteiger partial charge in [-0.3, -0.25) is 4.79 Å². The van der Waals surface area contributed by atoms with Gasteiger partial charge in [-0.15, -0.1) is 0 Å². The van der Waals surface area contributed by atoms with Crippen LogP contribution in [0.5, 0.6) is 0 Å². The summed E-state index contributed by atoms with van der Waals surface area (Å²) in [5.74, 6) is -1.38. The van der Waals surface area contributed by atoms with Gasteiger partial charge in [0.25, 0.3) is 5.91 Å². The highest BCUT2D eigenvalue weighted by molar-refractivity contribution is 9.10. The van der Waals surface area contributed by atoms with Gasteiger partial charge in [-0.05, 0) is 38.1 Å². The average molecular weight is 355 g/mol. The zero-order chi connectivity index (χ0) is 15.8. The highest BCUT2D eigenvalue weighted by Gasteiger charge is 2.12. The number of aliphatic hydroxyl groups excluding tert-OH is 1. The van der Waals surface area contributed by atoms with Gasteiger partial charge in [-0.1, -0.05) is 15.9 Å². The number of hydrogen-bond acceptors (Lipinski definition) is 5. The van der Waals surface area contributed by atoms with Gasteiger partial charge in [0.1, 0.15) is 11.3 Å². The second kappa shape index (κ2) is 8.21. The first kappa shape index (κ1) is 16.9. The fourth-order valence-electron chi connectivity index (χ4n) is 1.32. The molecule has 2 N–H and O–H groups in total. The summed E-state index contributed by atoms with van der Waals surface area (Å²) in [5.41, 5.74) is 2.56. The summed E-state index contributed by atoms with van der Waals surface area (Å²) in [6.45, 7) is 3.15. The number of aliphatic hydroxyl groups is 1. The lowest BCUT2D eigenvalue weighted by atomic mass is 10.2. The summed E-state index contributed by atoms with van der Waals surface area (Å²) in [5, 5.41) is 13.0. The first-order valence-corrected chi connectivity index (χ1v) is 6.91. The van der Waals surface area contributed by atoms with Gasteiger partial charge in [0.15, 0.2) is 0 Å². The van der Waals surface area contributed by atoms with Crippen LogP contribution in [0.25, 0.3) is 0 Å². The van der Waals surface area contributed by atoms with Crippen LogP contribution in [-0.2, 0) is 9.53 Å². The number of nitrogens with zero attached hydrogens (tertiary/aromatic N) is 1. The molecule has 7 heteroatoms. The highest BCUT2D eigenvalue weighted by atomic mass is 79.9. The standard InChI is InChI=1S/C14H15BrN2O4/c1-3-21-14(20)12(9(2)18)8-16-17-13(19)10-4-6-11(15)7-5-10/h4-8,18H,3H2,1-2H3,(H,17,19). The van der Waals surface area contributed by atoms with Crippen molar-refractivity contribution < 1.29 is 19.4 Å². The molecule has 0 radical (unpaired) electrons. The lowest BCUT2D eigenvalue weighted by molar-refractivity contribution is -0.138. The monoisotopic (exact) mass is 354 g/mol. The maximum Gasteiger partial charge on any atom is 0.343 e. The molecule has 0 saturated carbocycles. The van der Waals surface area contributed by atoms with Gasteiger partial charge >= 0.3 is 5.97 Å². The van der Waals surface area contributed by atoms with Crippen LogP contribution in [-0.4, -0.2) is 29.8 Å². The van der Waals surface area contributed by atoms with Crippen molar-refractivity contribution >= 4 is 34.0 Å². The molecule has 21 heavy (non-hydrogen) atoms. The maximum absolute atomic E-state index is 11.8. The highest BCUT2D eigenvalue weighted by Crippen LogP contribution is 2.10. The number of allylic oxidation sites excluding steroid dienone is 1. The third-order valence-corrected chi connectivity index (χ3v) is 2.88. The summed E-state index contributed by atoms with van der Waals surface area (Å²) in [4.78, 5) is 23.3. The van der Waals surface area contributed by atoms with Crippen LogP contribution < -0.4 is 5.43 Å². The second-order valence-corrected chi connectivity index (χ2v) is 4.84. The molecule has 1 rings (SSSR count). The number of amides is 1. The predicted octanol–water partition coefficient (Wildman–Crippen LogP) is 2.56. The Labute approximate surface area is 130 Å². The van der Waals surface area contributed by atoms with Crippen molar-refractivity contribution in [2.75, 3.05) is 6.61 Å². The second-order valence-electron chi connectivity index (χ2n) is 3.93. The summed E-state index contributed by atoms with van der Waals surface area (Å²) in [6.07, 6.45) is 1.05. The van der Waals surface area contributed by atoms with Gasteiger partial charge < -0.3 is 9.84 Å². The van der Waals surface area contributed by atoms with E-state index in [0.29, 0.717) is 5.56 Å². The first-order chi connectivity index (χ1) is 9.95. The van der Waals surface area contributed by atoms with E-state index in [1.165, 1.54) is 6.92 Å². The molecule has 112 valence electrons. The smallest absolute Gasteiger partial charge is 0.343 e. The Morgan fingerprint density at radius 1 is 1.38 bits per heavy atom. The average Bonchev–Trinajstić information content (AvgIpc) is 2.43. The molecule has 0 bridgehead atoms. The van der Waals surface area contributed by atoms with Crippen LogP contribution in [0.15, 0.2) is 45.2 Å². The van der Waals surface area contributed by atoms with Gasteiger partial charge in [0.05, 0.1) is 12.8 Å². The normalized spacial score (nSPS) is 12.0. The SMILES string of the molecule is CCOC(=O)C(C=NNC(=O)c1ccc(Br)cc1)=C(C)O. The first-order valence-electron chi connectivity index (χ1n) is 6.11.